The van der Waals surface area contributed by atoms with E-state index in [4.69, 9.17) is 0 Å². The standard InChI is InChI=1S/C15H22N2/c1-2-6-14-12-17(11-13(14)5-1)10-4-3-9-16-15-7-8-15/h1-2,5-6,15-16H,3-4,7-12H2. The van der Waals surface area contributed by atoms with Crippen LogP contribution in [0.1, 0.15) is 36.8 Å². The Morgan fingerprint density at radius 1 is 1.06 bits per heavy atom. The van der Waals surface area contributed by atoms with Crippen molar-refractivity contribution >= 4 is 0 Å². The van der Waals surface area contributed by atoms with Crippen molar-refractivity contribution in [1.29, 1.82) is 0 Å². The molecular formula is C15H22N2. The van der Waals surface area contributed by atoms with Crippen molar-refractivity contribution in [1.82, 2.24) is 10.2 Å². The summed E-state index contributed by atoms with van der Waals surface area (Å²) in [6, 6.07) is 9.71. The van der Waals surface area contributed by atoms with Crippen LogP contribution in [-0.2, 0) is 13.1 Å². The molecule has 0 aromatic heterocycles. The molecule has 1 aromatic rings. The van der Waals surface area contributed by atoms with Crippen LogP contribution in [0, 0.1) is 0 Å². The van der Waals surface area contributed by atoms with Crippen molar-refractivity contribution in [3.05, 3.63) is 35.4 Å². The zero-order valence-electron chi connectivity index (χ0n) is 10.5. The van der Waals surface area contributed by atoms with Crippen LogP contribution in [0.25, 0.3) is 0 Å². The lowest BCUT2D eigenvalue weighted by atomic mass is 10.1. The number of rotatable bonds is 6. The first-order chi connectivity index (χ1) is 8.42. The molecule has 92 valence electrons. The Morgan fingerprint density at radius 2 is 1.76 bits per heavy atom. The molecule has 1 fully saturated rings. The van der Waals surface area contributed by atoms with Crippen LogP contribution < -0.4 is 5.32 Å². The summed E-state index contributed by atoms with van der Waals surface area (Å²) in [7, 11) is 0. The fraction of sp³-hybridized carbons (Fsp3) is 0.600. The summed E-state index contributed by atoms with van der Waals surface area (Å²) in [6.45, 7) is 4.78. The monoisotopic (exact) mass is 230 g/mol. The van der Waals surface area contributed by atoms with Gasteiger partial charge in [-0.15, -0.1) is 0 Å². The third kappa shape index (κ3) is 3.08. The number of fused-ring (bicyclic) bond motifs is 1. The first kappa shape index (κ1) is 11.2. The number of nitrogens with one attached hydrogen (secondary N) is 1. The van der Waals surface area contributed by atoms with Gasteiger partial charge in [0.25, 0.3) is 0 Å². The van der Waals surface area contributed by atoms with Crippen LogP contribution in [0.4, 0.5) is 0 Å². The van der Waals surface area contributed by atoms with E-state index in [0.717, 1.165) is 19.1 Å². The Balaban J connectivity index is 1.34. The molecule has 1 saturated carbocycles. The van der Waals surface area contributed by atoms with Crippen LogP contribution in [0.5, 0.6) is 0 Å². The van der Waals surface area contributed by atoms with Crippen molar-refractivity contribution in [3.8, 4) is 0 Å². The molecule has 1 aromatic carbocycles. The summed E-state index contributed by atoms with van der Waals surface area (Å²) in [4.78, 5) is 2.57. The fourth-order valence-electron chi connectivity index (χ4n) is 2.62. The Kier molecular flexibility index (Phi) is 3.44. The van der Waals surface area contributed by atoms with Gasteiger partial charge in [-0.2, -0.15) is 0 Å². The van der Waals surface area contributed by atoms with Crippen molar-refractivity contribution in [2.24, 2.45) is 0 Å². The molecule has 0 bridgehead atoms. The van der Waals surface area contributed by atoms with Gasteiger partial charge in [0.05, 0.1) is 0 Å². The van der Waals surface area contributed by atoms with Gasteiger partial charge in [-0.05, 0) is 49.9 Å². The van der Waals surface area contributed by atoms with E-state index >= 15 is 0 Å². The minimum Gasteiger partial charge on any atom is -0.314 e. The van der Waals surface area contributed by atoms with Crippen LogP contribution in [0.3, 0.4) is 0 Å². The van der Waals surface area contributed by atoms with Gasteiger partial charge in [-0.3, -0.25) is 4.90 Å². The second-order valence-corrected chi connectivity index (χ2v) is 5.41. The van der Waals surface area contributed by atoms with Gasteiger partial charge >= 0.3 is 0 Å². The lowest BCUT2D eigenvalue weighted by Gasteiger charge is -2.14. The summed E-state index contributed by atoms with van der Waals surface area (Å²) in [5.41, 5.74) is 3.06. The quantitative estimate of drug-likeness (QED) is 0.756. The van der Waals surface area contributed by atoms with Crippen LogP contribution in [-0.4, -0.2) is 24.0 Å². The molecule has 1 aliphatic heterocycles. The Hall–Kier alpha value is -0.860. The number of hydrogen-bond acceptors (Lipinski definition) is 2. The highest BCUT2D eigenvalue weighted by Gasteiger charge is 2.20. The summed E-state index contributed by atoms with van der Waals surface area (Å²) in [5.74, 6) is 0. The summed E-state index contributed by atoms with van der Waals surface area (Å²) < 4.78 is 0. The summed E-state index contributed by atoms with van der Waals surface area (Å²) >= 11 is 0. The predicted molar refractivity (Wildman–Crippen MR) is 70.8 cm³/mol. The average molecular weight is 230 g/mol. The lowest BCUT2D eigenvalue weighted by molar-refractivity contribution is 0.277. The van der Waals surface area contributed by atoms with Crippen LogP contribution in [0.2, 0.25) is 0 Å². The molecule has 0 atom stereocenters. The number of hydrogen-bond donors (Lipinski definition) is 1. The van der Waals surface area contributed by atoms with Gasteiger partial charge in [0.15, 0.2) is 0 Å². The molecule has 0 radical (unpaired) electrons. The van der Waals surface area contributed by atoms with Crippen molar-refractivity contribution in [2.75, 3.05) is 13.1 Å². The van der Waals surface area contributed by atoms with E-state index < -0.39 is 0 Å². The third-order valence-corrected chi connectivity index (χ3v) is 3.82. The number of nitrogens with zero attached hydrogens (tertiary/aromatic N) is 1. The SMILES string of the molecule is c1ccc2c(c1)CN(CCCCNC1CC1)C2. The highest BCUT2D eigenvalue weighted by Crippen LogP contribution is 2.22. The van der Waals surface area contributed by atoms with Crippen molar-refractivity contribution in [2.45, 2.75) is 44.8 Å². The van der Waals surface area contributed by atoms with Gasteiger partial charge in [-0.1, -0.05) is 24.3 Å². The molecule has 0 unspecified atom stereocenters. The molecule has 2 nitrogen and oxygen atoms in total. The zero-order valence-corrected chi connectivity index (χ0v) is 10.5. The Labute approximate surface area is 104 Å². The van der Waals surface area contributed by atoms with E-state index in [1.165, 1.54) is 49.9 Å². The Morgan fingerprint density at radius 3 is 2.41 bits per heavy atom. The maximum Gasteiger partial charge on any atom is 0.0240 e. The largest absolute Gasteiger partial charge is 0.314 e. The van der Waals surface area contributed by atoms with Gasteiger partial charge in [0.1, 0.15) is 0 Å². The van der Waals surface area contributed by atoms with Crippen molar-refractivity contribution in [3.63, 3.8) is 0 Å². The molecule has 2 aliphatic rings. The first-order valence-corrected chi connectivity index (χ1v) is 6.94. The summed E-state index contributed by atoms with van der Waals surface area (Å²) in [6.07, 6.45) is 5.46. The van der Waals surface area contributed by atoms with E-state index in [9.17, 15) is 0 Å². The van der Waals surface area contributed by atoms with Crippen LogP contribution >= 0.6 is 0 Å². The smallest absolute Gasteiger partial charge is 0.0240 e. The fourth-order valence-corrected chi connectivity index (χ4v) is 2.62. The molecule has 0 spiro atoms. The predicted octanol–water partition coefficient (Wildman–Crippen LogP) is 2.53. The molecule has 3 rings (SSSR count). The molecule has 2 heteroatoms. The van der Waals surface area contributed by atoms with Crippen molar-refractivity contribution < 1.29 is 0 Å². The molecule has 1 aliphatic carbocycles. The number of benzene rings is 1. The Bertz CT molecular complexity index is 346. The minimum absolute atomic E-state index is 0.867. The first-order valence-electron chi connectivity index (χ1n) is 6.94. The average Bonchev–Trinajstić information content (AvgIpc) is 3.07. The maximum atomic E-state index is 3.58. The normalized spacial score (nSPS) is 19.5. The third-order valence-electron chi connectivity index (χ3n) is 3.82. The molecule has 0 saturated heterocycles. The number of unbranched alkanes of at least 4 members (excludes halogenated alkanes) is 1. The highest BCUT2D eigenvalue weighted by atomic mass is 15.1. The molecule has 17 heavy (non-hydrogen) atoms. The van der Waals surface area contributed by atoms with E-state index in [2.05, 4.69) is 34.5 Å². The van der Waals surface area contributed by atoms with E-state index in [1.54, 1.807) is 0 Å². The van der Waals surface area contributed by atoms with Gasteiger partial charge < -0.3 is 5.32 Å². The lowest BCUT2D eigenvalue weighted by Crippen LogP contribution is -2.21. The van der Waals surface area contributed by atoms with E-state index in [0.29, 0.717) is 0 Å². The second-order valence-electron chi connectivity index (χ2n) is 5.41. The zero-order chi connectivity index (χ0) is 11.5. The summed E-state index contributed by atoms with van der Waals surface area (Å²) in [5, 5.41) is 3.58. The van der Waals surface area contributed by atoms with Crippen LogP contribution in [0.15, 0.2) is 24.3 Å². The molecule has 1 heterocycles. The molecule has 0 amide bonds. The molecule has 1 N–H and O–H groups in total. The van der Waals surface area contributed by atoms with Gasteiger partial charge in [-0.25, -0.2) is 0 Å². The van der Waals surface area contributed by atoms with E-state index in [1.807, 2.05) is 0 Å². The van der Waals surface area contributed by atoms with Gasteiger partial charge in [0.2, 0.25) is 0 Å². The molecular weight excluding hydrogens is 208 g/mol. The van der Waals surface area contributed by atoms with Gasteiger partial charge in [0, 0.05) is 19.1 Å². The maximum absolute atomic E-state index is 3.58. The van der Waals surface area contributed by atoms with E-state index in [-0.39, 0.29) is 0 Å². The second kappa shape index (κ2) is 5.19. The highest BCUT2D eigenvalue weighted by molar-refractivity contribution is 5.30. The topological polar surface area (TPSA) is 15.3 Å². The minimum atomic E-state index is 0.867.